The van der Waals surface area contributed by atoms with Gasteiger partial charge in [0, 0.05) is 12.4 Å². The van der Waals surface area contributed by atoms with Crippen molar-refractivity contribution in [2.75, 3.05) is 6.61 Å². The van der Waals surface area contributed by atoms with Crippen molar-refractivity contribution in [2.24, 2.45) is 0 Å². The van der Waals surface area contributed by atoms with Crippen LogP contribution in [0.1, 0.15) is 19.8 Å². The fourth-order valence-electron chi connectivity index (χ4n) is 0.596. The molecule has 1 aromatic heterocycles. The Kier molecular flexibility index (Phi) is 9.46. The standard InChI is InChI=1S/C5H5N.C4H10O3S/c1-2-4-6-5-3-1;1-2-3-4-7-8(5)6/h1-5H;8H,2-4H2,1H3. The molecular weight excluding hydrogens is 202 g/mol. The molecule has 0 aliphatic carbocycles. The zero-order valence-electron chi connectivity index (χ0n) is 8.13. The molecule has 1 heterocycles. The van der Waals surface area contributed by atoms with Crippen molar-refractivity contribution in [1.29, 1.82) is 0 Å². The van der Waals surface area contributed by atoms with Crippen molar-refractivity contribution in [3.63, 3.8) is 0 Å². The molecule has 0 aromatic carbocycles. The summed E-state index contributed by atoms with van der Waals surface area (Å²) in [6.07, 6.45) is 5.27. The van der Waals surface area contributed by atoms with Crippen LogP contribution >= 0.6 is 0 Å². The van der Waals surface area contributed by atoms with E-state index < -0.39 is 11.0 Å². The first-order valence-corrected chi connectivity index (χ1v) is 5.49. The van der Waals surface area contributed by atoms with Gasteiger partial charge in [-0.15, -0.1) is 0 Å². The summed E-state index contributed by atoms with van der Waals surface area (Å²) in [4.78, 5) is 3.78. The van der Waals surface area contributed by atoms with Crippen LogP contribution in [0.5, 0.6) is 0 Å². The number of unbranched alkanes of at least 4 members (excludes halogenated alkanes) is 1. The van der Waals surface area contributed by atoms with E-state index >= 15 is 0 Å². The molecule has 0 saturated carbocycles. The second-order valence-electron chi connectivity index (χ2n) is 2.43. The lowest BCUT2D eigenvalue weighted by Crippen LogP contribution is -1.89. The van der Waals surface area contributed by atoms with E-state index in [4.69, 9.17) is 0 Å². The second kappa shape index (κ2) is 10.1. The summed E-state index contributed by atoms with van der Waals surface area (Å²) in [5.74, 6) is 0. The Morgan fingerprint density at radius 2 is 1.86 bits per heavy atom. The van der Waals surface area contributed by atoms with Gasteiger partial charge in [-0.2, -0.15) is 0 Å². The highest BCUT2D eigenvalue weighted by Gasteiger charge is 1.83. The maximum Gasteiger partial charge on any atom is 0.257 e. The normalized spacial score (nSPS) is 9.29. The smallest absolute Gasteiger partial charge is 0.257 e. The predicted molar refractivity (Wildman–Crippen MR) is 55.4 cm³/mol. The van der Waals surface area contributed by atoms with Crippen molar-refractivity contribution in [2.45, 2.75) is 19.8 Å². The molecule has 4 nitrogen and oxygen atoms in total. The number of hydrogen-bond donors (Lipinski definition) is 1. The number of aromatic nitrogens is 1. The van der Waals surface area contributed by atoms with Crippen LogP contribution in [0.2, 0.25) is 0 Å². The van der Waals surface area contributed by atoms with Gasteiger partial charge >= 0.3 is 0 Å². The summed E-state index contributed by atoms with van der Waals surface area (Å²) in [7, 11) is -2.61. The van der Waals surface area contributed by atoms with Crippen LogP contribution in [0.4, 0.5) is 0 Å². The minimum absolute atomic E-state index is 0.329. The topological polar surface area (TPSA) is 56.3 Å². The first-order valence-electron chi connectivity index (χ1n) is 4.39. The van der Waals surface area contributed by atoms with E-state index in [9.17, 15) is 8.42 Å². The molecule has 0 unspecified atom stereocenters. The molecule has 0 saturated heterocycles. The molecule has 14 heavy (non-hydrogen) atoms. The third kappa shape index (κ3) is 11.1. The van der Waals surface area contributed by atoms with Gasteiger partial charge in [0.2, 0.25) is 0 Å². The summed E-state index contributed by atoms with van der Waals surface area (Å²) in [5.41, 5.74) is 0. The van der Waals surface area contributed by atoms with Crippen LogP contribution in [0.3, 0.4) is 0 Å². The highest BCUT2D eigenvalue weighted by atomic mass is 32.2. The predicted octanol–water partition coefficient (Wildman–Crippen LogP) is 1.41. The Morgan fingerprint density at radius 1 is 1.21 bits per heavy atom. The van der Waals surface area contributed by atoms with Gasteiger partial charge in [-0.25, -0.2) is 8.42 Å². The molecular formula is C9H15NO3S. The van der Waals surface area contributed by atoms with Crippen molar-refractivity contribution in [3.8, 4) is 0 Å². The Balaban J connectivity index is 0.000000249. The molecule has 0 atom stereocenters. The number of hydrogen-bond acceptors (Lipinski definition) is 4. The van der Waals surface area contributed by atoms with Gasteiger partial charge in [0.1, 0.15) is 0 Å². The molecule has 5 heteroatoms. The zero-order chi connectivity index (χ0) is 10.6. The Hall–Kier alpha value is -0.940. The van der Waals surface area contributed by atoms with E-state index in [0.717, 1.165) is 12.8 Å². The van der Waals surface area contributed by atoms with Crippen molar-refractivity contribution in [1.82, 2.24) is 4.98 Å². The van der Waals surface area contributed by atoms with Crippen molar-refractivity contribution < 1.29 is 12.6 Å². The van der Waals surface area contributed by atoms with Gasteiger partial charge in [0.15, 0.2) is 0 Å². The molecule has 1 aromatic rings. The molecule has 1 rings (SSSR count). The van der Waals surface area contributed by atoms with Crippen molar-refractivity contribution in [3.05, 3.63) is 30.6 Å². The average molecular weight is 217 g/mol. The maximum absolute atomic E-state index is 9.69. The lowest BCUT2D eigenvalue weighted by atomic mass is 10.4. The van der Waals surface area contributed by atoms with E-state index in [-0.39, 0.29) is 0 Å². The molecule has 0 N–H and O–H groups in total. The van der Waals surface area contributed by atoms with Crippen LogP contribution in [-0.2, 0) is 15.2 Å². The largest absolute Gasteiger partial charge is 0.272 e. The first kappa shape index (κ1) is 13.1. The summed E-state index contributed by atoms with van der Waals surface area (Å²) in [6.45, 7) is 2.30. The van der Waals surface area contributed by atoms with Crippen LogP contribution in [0.15, 0.2) is 30.6 Å². The van der Waals surface area contributed by atoms with E-state index in [0.29, 0.717) is 6.61 Å². The number of nitrogens with zero attached hydrogens (tertiary/aromatic N) is 1. The third-order valence-corrected chi connectivity index (χ3v) is 1.65. The summed E-state index contributed by atoms with van der Waals surface area (Å²) in [5, 5.41) is 0. The lowest BCUT2D eigenvalue weighted by Gasteiger charge is -1.89. The minimum Gasteiger partial charge on any atom is -0.272 e. The zero-order valence-corrected chi connectivity index (χ0v) is 9.02. The van der Waals surface area contributed by atoms with Crippen LogP contribution in [-0.4, -0.2) is 20.0 Å². The monoisotopic (exact) mass is 217 g/mol. The van der Waals surface area contributed by atoms with Gasteiger partial charge in [0.25, 0.3) is 11.0 Å². The summed E-state index contributed by atoms with van der Waals surface area (Å²) in [6, 6.07) is 5.72. The molecule has 80 valence electrons. The fraction of sp³-hybridized carbons (Fsp3) is 0.444. The Labute approximate surface area is 86.1 Å². The number of thiol groups is 1. The molecule has 0 spiro atoms. The average Bonchev–Trinajstić information content (AvgIpc) is 2.21. The van der Waals surface area contributed by atoms with Gasteiger partial charge in [-0.05, 0) is 18.6 Å². The van der Waals surface area contributed by atoms with Crippen LogP contribution in [0, 0.1) is 0 Å². The molecule has 0 aliphatic heterocycles. The number of rotatable bonds is 4. The van der Waals surface area contributed by atoms with E-state index in [1.54, 1.807) is 12.4 Å². The van der Waals surface area contributed by atoms with Gasteiger partial charge in [-0.1, -0.05) is 19.4 Å². The lowest BCUT2D eigenvalue weighted by molar-refractivity contribution is 0.325. The van der Waals surface area contributed by atoms with E-state index in [2.05, 4.69) is 9.17 Å². The highest BCUT2D eigenvalue weighted by Crippen LogP contribution is 1.86. The highest BCUT2D eigenvalue weighted by molar-refractivity contribution is 7.67. The molecule has 0 amide bonds. The quantitative estimate of drug-likeness (QED) is 0.612. The maximum atomic E-state index is 9.69. The third-order valence-electron chi connectivity index (χ3n) is 1.26. The molecule has 0 fully saturated rings. The SMILES string of the molecule is CCCCO[SH](=O)=O.c1ccncc1. The van der Waals surface area contributed by atoms with E-state index in [1.807, 2.05) is 25.1 Å². The van der Waals surface area contributed by atoms with Crippen LogP contribution < -0.4 is 0 Å². The van der Waals surface area contributed by atoms with Gasteiger partial charge < -0.3 is 0 Å². The van der Waals surface area contributed by atoms with Crippen LogP contribution in [0.25, 0.3) is 0 Å². The van der Waals surface area contributed by atoms with Gasteiger partial charge in [-0.3, -0.25) is 9.17 Å². The Bertz CT molecular complexity index is 240. The van der Waals surface area contributed by atoms with Gasteiger partial charge in [0.05, 0.1) is 6.61 Å². The van der Waals surface area contributed by atoms with E-state index in [1.165, 1.54) is 0 Å². The summed E-state index contributed by atoms with van der Waals surface area (Å²) >= 11 is 0. The first-order chi connectivity index (χ1) is 6.77. The second-order valence-corrected chi connectivity index (χ2v) is 3.14. The molecule has 0 aliphatic rings. The summed E-state index contributed by atoms with van der Waals surface area (Å²) < 4.78 is 23.6. The fourth-order valence-corrected chi connectivity index (χ4v) is 0.874. The molecule has 0 bridgehead atoms. The minimum atomic E-state index is -2.61. The van der Waals surface area contributed by atoms with Crippen molar-refractivity contribution >= 4 is 11.0 Å². The Morgan fingerprint density at radius 3 is 2.14 bits per heavy atom. The molecule has 0 radical (unpaired) electrons. The number of pyridine rings is 1.